The van der Waals surface area contributed by atoms with E-state index in [1.807, 2.05) is 0 Å². The summed E-state index contributed by atoms with van der Waals surface area (Å²) in [5, 5.41) is 3.09. The molecule has 0 radical (unpaired) electrons. The lowest BCUT2D eigenvalue weighted by Gasteiger charge is -2.05. The van der Waals surface area contributed by atoms with Crippen LogP contribution in [0.3, 0.4) is 0 Å². The van der Waals surface area contributed by atoms with E-state index in [4.69, 9.17) is 11.5 Å². The second-order valence-electron chi connectivity index (χ2n) is 4.19. The van der Waals surface area contributed by atoms with Gasteiger partial charge in [0.1, 0.15) is 5.00 Å². The van der Waals surface area contributed by atoms with E-state index < -0.39 is 5.91 Å². The van der Waals surface area contributed by atoms with Gasteiger partial charge in [-0.2, -0.15) is 0 Å². The summed E-state index contributed by atoms with van der Waals surface area (Å²) in [6.45, 7) is 0. The third kappa shape index (κ3) is 2.32. The van der Waals surface area contributed by atoms with Gasteiger partial charge in [-0.3, -0.25) is 9.59 Å². The Morgan fingerprint density at radius 2 is 2.29 bits per heavy atom. The van der Waals surface area contributed by atoms with Crippen LogP contribution in [-0.4, -0.2) is 18.4 Å². The number of fused-ring (bicyclic) bond motifs is 1. The number of hydrogen-bond acceptors (Lipinski definition) is 4. The van der Waals surface area contributed by atoms with Crippen molar-refractivity contribution in [2.24, 2.45) is 11.5 Å². The third-order valence-electron chi connectivity index (χ3n) is 2.98. The van der Waals surface area contributed by atoms with Gasteiger partial charge in [0.05, 0.1) is 5.56 Å². The smallest absolute Gasteiger partial charge is 0.251 e. The van der Waals surface area contributed by atoms with E-state index in [2.05, 4.69) is 5.32 Å². The molecular weight excluding hydrogens is 238 g/mol. The predicted molar refractivity (Wildman–Crippen MR) is 67.1 cm³/mol. The number of primary amides is 1. The Hall–Kier alpha value is -1.40. The van der Waals surface area contributed by atoms with Gasteiger partial charge >= 0.3 is 0 Å². The van der Waals surface area contributed by atoms with Crippen LogP contribution in [0, 0.1) is 0 Å². The third-order valence-corrected chi connectivity index (χ3v) is 4.16. The van der Waals surface area contributed by atoms with Gasteiger partial charge in [0, 0.05) is 10.9 Å². The number of carbonyl (C=O) groups is 2. The van der Waals surface area contributed by atoms with Crippen LogP contribution >= 0.6 is 11.3 Å². The van der Waals surface area contributed by atoms with Gasteiger partial charge in [-0.1, -0.05) is 0 Å². The van der Waals surface area contributed by atoms with Crippen molar-refractivity contribution >= 4 is 28.7 Å². The van der Waals surface area contributed by atoms with Crippen molar-refractivity contribution in [1.82, 2.24) is 0 Å². The van der Waals surface area contributed by atoms with Gasteiger partial charge < -0.3 is 16.8 Å². The Bertz CT molecular complexity index is 456. The molecule has 1 atom stereocenters. The lowest BCUT2D eigenvalue weighted by Crippen LogP contribution is -2.20. The van der Waals surface area contributed by atoms with Gasteiger partial charge in [-0.15, -0.1) is 11.3 Å². The summed E-state index contributed by atoms with van der Waals surface area (Å²) in [4.78, 5) is 23.1. The van der Waals surface area contributed by atoms with Crippen molar-refractivity contribution in [2.45, 2.75) is 31.7 Å². The van der Waals surface area contributed by atoms with Crippen molar-refractivity contribution in [3.05, 3.63) is 16.0 Å². The number of nitrogens with two attached hydrogens (primary N) is 2. The zero-order valence-electron chi connectivity index (χ0n) is 9.36. The van der Waals surface area contributed by atoms with Gasteiger partial charge in [-0.25, -0.2) is 0 Å². The molecule has 0 aromatic carbocycles. The highest BCUT2D eigenvalue weighted by atomic mass is 32.1. The molecule has 1 aromatic rings. The first-order valence-corrected chi connectivity index (χ1v) is 6.35. The summed E-state index contributed by atoms with van der Waals surface area (Å²) < 4.78 is 0. The largest absolute Gasteiger partial charge is 0.365 e. The highest BCUT2D eigenvalue weighted by Crippen LogP contribution is 2.36. The van der Waals surface area contributed by atoms with Crippen LogP contribution in [0.5, 0.6) is 0 Å². The topological polar surface area (TPSA) is 98.2 Å². The average molecular weight is 253 g/mol. The molecule has 0 fully saturated rings. The lowest BCUT2D eigenvalue weighted by atomic mass is 10.1. The van der Waals surface area contributed by atoms with Crippen LogP contribution in [0.25, 0.3) is 0 Å². The highest BCUT2D eigenvalue weighted by molar-refractivity contribution is 7.16. The summed E-state index contributed by atoms with van der Waals surface area (Å²) in [6, 6.07) is 0.125. The van der Waals surface area contributed by atoms with E-state index >= 15 is 0 Å². The minimum atomic E-state index is -0.484. The first-order chi connectivity index (χ1) is 8.13. The Kier molecular flexibility index (Phi) is 3.44. The number of thiophene rings is 1. The van der Waals surface area contributed by atoms with E-state index in [1.54, 1.807) is 0 Å². The van der Waals surface area contributed by atoms with Crippen LogP contribution < -0.4 is 16.8 Å². The maximum Gasteiger partial charge on any atom is 0.251 e. The number of hydrogen-bond donors (Lipinski definition) is 3. The minimum Gasteiger partial charge on any atom is -0.365 e. The van der Waals surface area contributed by atoms with E-state index in [1.165, 1.54) is 11.3 Å². The molecule has 2 rings (SSSR count). The molecule has 0 saturated carbocycles. The second-order valence-corrected chi connectivity index (χ2v) is 5.30. The van der Waals surface area contributed by atoms with Crippen molar-refractivity contribution < 1.29 is 9.59 Å². The molecule has 1 aliphatic carbocycles. The van der Waals surface area contributed by atoms with Crippen LogP contribution in [0.4, 0.5) is 5.00 Å². The quantitative estimate of drug-likeness (QED) is 0.544. The molecule has 0 spiro atoms. The fourth-order valence-electron chi connectivity index (χ4n) is 2.24. The van der Waals surface area contributed by atoms with E-state index in [0.717, 1.165) is 36.1 Å². The van der Waals surface area contributed by atoms with Gasteiger partial charge in [0.15, 0.2) is 0 Å². The summed E-state index contributed by atoms with van der Waals surface area (Å²) in [6.07, 6.45) is 4.03. The second kappa shape index (κ2) is 4.85. The first kappa shape index (κ1) is 12.1. The van der Waals surface area contributed by atoms with E-state index in [0.29, 0.717) is 17.0 Å². The predicted octanol–water partition coefficient (Wildman–Crippen LogP) is 0.621. The molecule has 1 heterocycles. The Balaban J connectivity index is 2.47. The minimum absolute atomic E-state index is 0.125. The fraction of sp³-hybridized carbons (Fsp3) is 0.455. The standard InChI is InChI=1S/C11H15N3O2S/c12-6-2-1-3-7-8(4-6)17-11(14-5-15)9(7)10(13)16/h5-6H,1-4,12H2,(H2,13,16)(H,14,15). The molecule has 0 bridgehead atoms. The van der Waals surface area contributed by atoms with Crippen molar-refractivity contribution in [2.75, 3.05) is 5.32 Å². The molecule has 0 saturated heterocycles. The molecule has 1 unspecified atom stereocenters. The van der Waals surface area contributed by atoms with Gasteiger partial charge in [0.25, 0.3) is 5.91 Å². The van der Waals surface area contributed by atoms with E-state index in [-0.39, 0.29) is 6.04 Å². The Morgan fingerprint density at radius 1 is 1.53 bits per heavy atom. The highest BCUT2D eigenvalue weighted by Gasteiger charge is 2.24. The molecular formula is C11H15N3O2S. The molecule has 5 nitrogen and oxygen atoms in total. The van der Waals surface area contributed by atoms with Crippen LogP contribution in [0.2, 0.25) is 0 Å². The first-order valence-electron chi connectivity index (χ1n) is 5.53. The van der Waals surface area contributed by atoms with Crippen molar-refractivity contribution in [3.63, 3.8) is 0 Å². The summed E-state index contributed by atoms with van der Waals surface area (Å²) in [5.74, 6) is -0.484. The lowest BCUT2D eigenvalue weighted by molar-refractivity contribution is -0.105. The van der Waals surface area contributed by atoms with Crippen molar-refractivity contribution in [1.29, 1.82) is 0 Å². The summed E-state index contributed by atoms with van der Waals surface area (Å²) in [7, 11) is 0. The molecule has 0 aliphatic heterocycles. The fourth-order valence-corrected chi connectivity index (χ4v) is 3.54. The van der Waals surface area contributed by atoms with Crippen LogP contribution in [0.15, 0.2) is 0 Å². The van der Waals surface area contributed by atoms with Gasteiger partial charge in [0.2, 0.25) is 6.41 Å². The normalized spacial score (nSPS) is 19.2. The zero-order chi connectivity index (χ0) is 12.4. The van der Waals surface area contributed by atoms with Crippen molar-refractivity contribution in [3.8, 4) is 0 Å². The zero-order valence-corrected chi connectivity index (χ0v) is 10.2. The maximum atomic E-state index is 11.5. The SMILES string of the molecule is NC(=O)c1c(NC=O)sc2c1CCCC(N)C2. The van der Waals surface area contributed by atoms with Gasteiger partial charge in [-0.05, 0) is 31.2 Å². The number of carbonyl (C=O) groups excluding carboxylic acids is 2. The average Bonchev–Trinajstić information content (AvgIpc) is 2.47. The number of anilines is 1. The maximum absolute atomic E-state index is 11.5. The summed E-state index contributed by atoms with van der Waals surface area (Å²) >= 11 is 1.41. The number of amides is 2. The van der Waals surface area contributed by atoms with Crippen LogP contribution in [-0.2, 0) is 17.6 Å². The number of rotatable bonds is 3. The molecule has 92 valence electrons. The summed E-state index contributed by atoms with van der Waals surface area (Å²) in [5.41, 5.74) is 12.8. The molecule has 17 heavy (non-hydrogen) atoms. The molecule has 6 heteroatoms. The molecule has 2 amide bonds. The number of nitrogens with one attached hydrogen (secondary N) is 1. The Morgan fingerprint density at radius 3 is 2.94 bits per heavy atom. The van der Waals surface area contributed by atoms with E-state index in [9.17, 15) is 9.59 Å². The Labute approximate surface area is 103 Å². The molecule has 1 aromatic heterocycles. The molecule has 5 N–H and O–H groups in total. The van der Waals surface area contributed by atoms with Crippen LogP contribution in [0.1, 0.15) is 33.6 Å². The molecule has 1 aliphatic rings. The monoisotopic (exact) mass is 253 g/mol.